The number of ether oxygens (including phenoxy) is 2. The molecule has 0 spiro atoms. The summed E-state index contributed by atoms with van der Waals surface area (Å²) in [7, 11) is 0. The van der Waals surface area contributed by atoms with Crippen molar-refractivity contribution in [2.45, 2.75) is 116 Å². The monoisotopic (exact) mass is 486 g/mol. The van der Waals surface area contributed by atoms with E-state index >= 15 is 0 Å². The molecule has 35 heavy (non-hydrogen) atoms. The van der Waals surface area contributed by atoms with E-state index in [9.17, 15) is 4.39 Å². The minimum Gasteiger partial charge on any atom is -0.494 e. The molecule has 0 saturated heterocycles. The van der Waals surface area contributed by atoms with Crippen molar-refractivity contribution in [3.05, 3.63) is 36.7 Å². The summed E-state index contributed by atoms with van der Waals surface area (Å²) in [5, 5.41) is 0. The Labute approximate surface area is 213 Å². The standard InChI is InChI=1S/C30H47FN2O2/c1-3-5-7-8-9-10-11-14-22-34-28-20-18-26(19-21-28)30-32-24-29(25-33-30)35-23-15-13-17-27(31)16-12-6-4-2/h18-21,24-25,27H,3-17,22-23H2,1-2H3. The third kappa shape index (κ3) is 13.5. The van der Waals surface area contributed by atoms with Crippen LogP contribution in [0.1, 0.15) is 110 Å². The second kappa shape index (κ2) is 19.1. The number of hydrogen-bond acceptors (Lipinski definition) is 4. The van der Waals surface area contributed by atoms with Crippen molar-refractivity contribution in [1.29, 1.82) is 0 Å². The van der Waals surface area contributed by atoms with Crippen molar-refractivity contribution in [3.63, 3.8) is 0 Å². The molecule has 1 aromatic carbocycles. The summed E-state index contributed by atoms with van der Waals surface area (Å²) in [4.78, 5) is 8.87. The predicted octanol–water partition coefficient (Wildman–Crippen LogP) is 9.13. The lowest BCUT2D eigenvalue weighted by molar-refractivity contribution is 0.260. The second-order valence-electron chi connectivity index (χ2n) is 9.53. The highest BCUT2D eigenvalue weighted by atomic mass is 19.1. The molecule has 0 saturated carbocycles. The van der Waals surface area contributed by atoms with Crippen LogP contribution in [0.2, 0.25) is 0 Å². The van der Waals surface area contributed by atoms with Crippen LogP contribution in [0.5, 0.6) is 11.5 Å². The SMILES string of the molecule is CCCCCCCCCCOc1ccc(-c2ncc(OCCCCC(F)CCCCC)cn2)cc1. The Balaban J connectivity index is 1.59. The molecule has 1 aromatic heterocycles. The van der Waals surface area contributed by atoms with E-state index < -0.39 is 6.17 Å². The largest absolute Gasteiger partial charge is 0.494 e. The highest BCUT2D eigenvalue weighted by Gasteiger charge is 2.06. The van der Waals surface area contributed by atoms with Gasteiger partial charge in [-0.05, 0) is 56.4 Å². The number of rotatable bonds is 21. The van der Waals surface area contributed by atoms with Crippen molar-refractivity contribution >= 4 is 0 Å². The molecular weight excluding hydrogens is 439 g/mol. The van der Waals surface area contributed by atoms with Gasteiger partial charge < -0.3 is 9.47 Å². The molecule has 1 unspecified atom stereocenters. The first-order chi connectivity index (χ1) is 17.2. The maximum absolute atomic E-state index is 13.8. The number of nitrogens with zero attached hydrogens (tertiary/aromatic N) is 2. The van der Waals surface area contributed by atoms with Crippen LogP contribution in [0.3, 0.4) is 0 Å². The van der Waals surface area contributed by atoms with E-state index in [2.05, 4.69) is 23.8 Å². The molecule has 2 aromatic rings. The van der Waals surface area contributed by atoms with E-state index in [1.807, 2.05) is 24.3 Å². The van der Waals surface area contributed by atoms with Gasteiger partial charge in [0, 0.05) is 5.56 Å². The molecule has 1 heterocycles. The molecule has 1 atom stereocenters. The van der Waals surface area contributed by atoms with Gasteiger partial charge in [-0.25, -0.2) is 14.4 Å². The van der Waals surface area contributed by atoms with Gasteiger partial charge in [-0.2, -0.15) is 0 Å². The normalized spacial score (nSPS) is 12.0. The Morgan fingerprint density at radius 1 is 0.629 bits per heavy atom. The van der Waals surface area contributed by atoms with E-state index in [0.29, 0.717) is 31.0 Å². The zero-order chi connectivity index (χ0) is 25.0. The Hall–Kier alpha value is -2.17. The lowest BCUT2D eigenvalue weighted by Gasteiger charge is -2.09. The van der Waals surface area contributed by atoms with E-state index in [1.165, 1.54) is 44.9 Å². The summed E-state index contributed by atoms with van der Waals surface area (Å²) in [6.45, 7) is 5.73. The Morgan fingerprint density at radius 3 is 1.74 bits per heavy atom. The average molecular weight is 487 g/mol. The lowest BCUT2D eigenvalue weighted by atomic mass is 10.1. The van der Waals surface area contributed by atoms with Crippen LogP contribution in [0.4, 0.5) is 4.39 Å². The Morgan fingerprint density at radius 2 is 1.11 bits per heavy atom. The summed E-state index contributed by atoms with van der Waals surface area (Å²) in [6.07, 6.45) is 19.4. The number of halogens is 1. The van der Waals surface area contributed by atoms with Gasteiger partial charge in [0.25, 0.3) is 0 Å². The fourth-order valence-corrected chi connectivity index (χ4v) is 4.08. The molecule has 0 fully saturated rings. The molecule has 0 aliphatic carbocycles. The molecule has 4 nitrogen and oxygen atoms in total. The van der Waals surface area contributed by atoms with Gasteiger partial charge in [0.1, 0.15) is 11.9 Å². The molecule has 0 aliphatic heterocycles. The first-order valence-electron chi connectivity index (χ1n) is 14.0. The van der Waals surface area contributed by atoms with Crippen LogP contribution in [-0.2, 0) is 0 Å². The molecule has 0 bridgehead atoms. The quantitative estimate of drug-likeness (QED) is 0.165. The highest BCUT2D eigenvalue weighted by molar-refractivity contribution is 5.56. The molecule has 0 aliphatic rings. The third-order valence-electron chi connectivity index (χ3n) is 6.31. The van der Waals surface area contributed by atoms with Gasteiger partial charge in [0.15, 0.2) is 11.6 Å². The molecule has 0 amide bonds. The second-order valence-corrected chi connectivity index (χ2v) is 9.53. The van der Waals surface area contributed by atoms with Gasteiger partial charge in [-0.15, -0.1) is 0 Å². The van der Waals surface area contributed by atoms with E-state index in [0.717, 1.165) is 56.4 Å². The van der Waals surface area contributed by atoms with Gasteiger partial charge in [-0.1, -0.05) is 78.1 Å². The van der Waals surface area contributed by atoms with Crippen molar-refractivity contribution in [2.24, 2.45) is 0 Å². The number of alkyl halides is 1. The highest BCUT2D eigenvalue weighted by Crippen LogP contribution is 2.21. The van der Waals surface area contributed by atoms with Gasteiger partial charge >= 0.3 is 0 Å². The van der Waals surface area contributed by atoms with E-state index in [-0.39, 0.29) is 0 Å². The number of hydrogen-bond donors (Lipinski definition) is 0. The van der Waals surface area contributed by atoms with Gasteiger partial charge in [-0.3, -0.25) is 0 Å². The van der Waals surface area contributed by atoms with Crippen molar-refractivity contribution in [3.8, 4) is 22.9 Å². The van der Waals surface area contributed by atoms with Crippen LogP contribution in [0.15, 0.2) is 36.7 Å². The fraction of sp³-hybridized carbons (Fsp3) is 0.667. The van der Waals surface area contributed by atoms with Crippen molar-refractivity contribution in [1.82, 2.24) is 9.97 Å². The van der Waals surface area contributed by atoms with Crippen LogP contribution in [0, 0.1) is 0 Å². The molecule has 0 N–H and O–H groups in total. The molecule has 5 heteroatoms. The van der Waals surface area contributed by atoms with Crippen LogP contribution >= 0.6 is 0 Å². The summed E-state index contributed by atoms with van der Waals surface area (Å²) < 4.78 is 25.4. The van der Waals surface area contributed by atoms with Gasteiger partial charge in [0.05, 0.1) is 25.6 Å². The minimum absolute atomic E-state index is 0.565. The van der Waals surface area contributed by atoms with Crippen LogP contribution in [0.25, 0.3) is 11.4 Å². The van der Waals surface area contributed by atoms with Gasteiger partial charge in [0.2, 0.25) is 0 Å². The molecule has 2 rings (SSSR count). The maximum Gasteiger partial charge on any atom is 0.159 e. The third-order valence-corrected chi connectivity index (χ3v) is 6.31. The van der Waals surface area contributed by atoms with Crippen molar-refractivity contribution in [2.75, 3.05) is 13.2 Å². The minimum atomic E-state index is -0.675. The Bertz CT molecular complexity index is 752. The summed E-state index contributed by atoms with van der Waals surface area (Å²) >= 11 is 0. The van der Waals surface area contributed by atoms with Crippen LogP contribution < -0.4 is 9.47 Å². The average Bonchev–Trinajstić information content (AvgIpc) is 2.88. The number of unbranched alkanes of at least 4 members (excludes halogenated alkanes) is 10. The zero-order valence-electron chi connectivity index (χ0n) is 22.2. The zero-order valence-corrected chi connectivity index (χ0v) is 22.2. The maximum atomic E-state index is 13.8. The van der Waals surface area contributed by atoms with E-state index in [1.54, 1.807) is 12.4 Å². The topological polar surface area (TPSA) is 44.2 Å². The lowest BCUT2D eigenvalue weighted by Crippen LogP contribution is -2.03. The smallest absolute Gasteiger partial charge is 0.159 e. The summed E-state index contributed by atoms with van der Waals surface area (Å²) in [6, 6.07) is 7.95. The predicted molar refractivity (Wildman–Crippen MR) is 144 cm³/mol. The Kier molecular flexibility index (Phi) is 15.8. The first-order valence-corrected chi connectivity index (χ1v) is 14.0. The number of benzene rings is 1. The summed E-state index contributed by atoms with van der Waals surface area (Å²) in [5.74, 6) is 2.20. The molecular formula is C30H47FN2O2. The van der Waals surface area contributed by atoms with Crippen molar-refractivity contribution < 1.29 is 13.9 Å². The summed E-state index contributed by atoms with van der Waals surface area (Å²) in [5.41, 5.74) is 0.952. The fourth-order valence-electron chi connectivity index (χ4n) is 4.08. The van der Waals surface area contributed by atoms with E-state index in [4.69, 9.17) is 9.47 Å². The van der Waals surface area contributed by atoms with Crippen LogP contribution in [-0.4, -0.2) is 29.4 Å². The first kappa shape index (κ1) is 29.1. The molecule has 196 valence electrons. The molecule has 0 radical (unpaired) electrons. The number of aromatic nitrogens is 2.